The predicted molar refractivity (Wildman–Crippen MR) is 121 cm³/mol. The van der Waals surface area contributed by atoms with Crippen molar-refractivity contribution in [1.82, 2.24) is 4.98 Å². The third-order valence-electron chi connectivity index (χ3n) is 4.83. The van der Waals surface area contributed by atoms with Gasteiger partial charge in [-0.25, -0.2) is 13.4 Å². The molecule has 1 fully saturated rings. The minimum absolute atomic E-state index is 0.142. The van der Waals surface area contributed by atoms with Crippen LogP contribution in [-0.2, 0) is 21.2 Å². The third-order valence-corrected chi connectivity index (χ3v) is 7.25. The lowest BCUT2D eigenvalue weighted by Crippen LogP contribution is -2.25. The minimum Gasteiger partial charge on any atom is -0.441 e. The molecule has 162 valence electrons. The van der Waals surface area contributed by atoms with Crippen molar-refractivity contribution in [2.45, 2.75) is 19.3 Å². The van der Waals surface area contributed by atoms with Crippen molar-refractivity contribution in [3.8, 4) is 11.3 Å². The summed E-state index contributed by atoms with van der Waals surface area (Å²) >= 11 is 12.1. The number of amides is 1. The number of anilines is 2. The molecule has 7 nitrogen and oxygen atoms in total. The van der Waals surface area contributed by atoms with E-state index in [0.29, 0.717) is 58.0 Å². The molecule has 0 aliphatic carbocycles. The van der Waals surface area contributed by atoms with Crippen LogP contribution in [0.5, 0.6) is 0 Å². The summed E-state index contributed by atoms with van der Waals surface area (Å²) in [6, 6.07) is 11.9. The maximum atomic E-state index is 12.4. The highest BCUT2D eigenvalue weighted by atomic mass is 35.5. The van der Waals surface area contributed by atoms with E-state index >= 15 is 0 Å². The zero-order valence-corrected chi connectivity index (χ0v) is 18.7. The number of benzene rings is 2. The highest BCUT2D eigenvalue weighted by Gasteiger charge is 2.28. The lowest BCUT2D eigenvalue weighted by Gasteiger charge is -2.17. The first-order valence-corrected chi connectivity index (χ1v) is 12.0. The van der Waals surface area contributed by atoms with Gasteiger partial charge in [0.25, 0.3) is 0 Å². The number of oxazole rings is 1. The molecular weight excluding hydrogens is 461 g/mol. The summed E-state index contributed by atoms with van der Waals surface area (Å²) < 4.78 is 31.3. The van der Waals surface area contributed by atoms with Crippen LogP contribution in [0, 0.1) is 0 Å². The lowest BCUT2D eigenvalue weighted by molar-refractivity contribution is -0.116. The summed E-state index contributed by atoms with van der Waals surface area (Å²) in [5.41, 5.74) is 1.75. The standard InChI is InChI=1S/C21H19Cl2N3O4S/c22-14-5-6-17(18(23)11-14)19-13-24-21(30-19)8-7-20(27)25-15-3-1-4-16(12-15)26-9-2-10-31(26,28)29/h1,3-6,11-13H,2,7-10H2,(H,25,27). The van der Waals surface area contributed by atoms with Crippen LogP contribution in [0.4, 0.5) is 11.4 Å². The maximum Gasteiger partial charge on any atom is 0.235 e. The van der Waals surface area contributed by atoms with Gasteiger partial charge in [-0.1, -0.05) is 29.3 Å². The van der Waals surface area contributed by atoms with Gasteiger partial charge in [-0.3, -0.25) is 9.10 Å². The number of nitrogens with one attached hydrogen (secondary N) is 1. The molecule has 1 aliphatic rings. The maximum absolute atomic E-state index is 12.4. The average molecular weight is 480 g/mol. The number of carbonyl (C=O) groups excluding carboxylic acids is 1. The van der Waals surface area contributed by atoms with E-state index in [1.165, 1.54) is 4.31 Å². The van der Waals surface area contributed by atoms with Gasteiger partial charge in [0.2, 0.25) is 15.9 Å². The summed E-state index contributed by atoms with van der Waals surface area (Å²) in [7, 11) is -3.27. The Bertz CT molecular complexity index is 1230. The number of halogens is 2. The number of rotatable bonds is 6. The highest BCUT2D eigenvalue weighted by molar-refractivity contribution is 7.93. The summed E-state index contributed by atoms with van der Waals surface area (Å²) in [5, 5.41) is 3.77. The summed E-state index contributed by atoms with van der Waals surface area (Å²) in [6.45, 7) is 0.448. The van der Waals surface area contributed by atoms with E-state index in [-0.39, 0.29) is 18.1 Å². The molecule has 2 heterocycles. The molecule has 0 unspecified atom stereocenters. The molecule has 2 aromatic carbocycles. The van der Waals surface area contributed by atoms with Crippen LogP contribution in [0.15, 0.2) is 53.1 Å². The Kier molecular flexibility index (Phi) is 6.22. The minimum atomic E-state index is -3.27. The Morgan fingerprint density at radius 1 is 1.19 bits per heavy atom. The van der Waals surface area contributed by atoms with E-state index in [1.54, 1.807) is 48.7 Å². The van der Waals surface area contributed by atoms with Crippen molar-refractivity contribution in [3.05, 3.63) is 64.6 Å². The fourth-order valence-corrected chi connectivity index (χ4v) is 5.41. The van der Waals surface area contributed by atoms with Crippen molar-refractivity contribution in [1.29, 1.82) is 0 Å². The van der Waals surface area contributed by atoms with E-state index in [4.69, 9.17) is 27.6 Å². The number of nitrogens with zero attached hydrogens (tertiary/aromatic N) is 2. The van der Waals surface area contributed by atoms with Crippen LogP contribution < -0.4 is 9.62 Å². The molecular formula is C21H19Cl2N3O4S. The summed E-state index contributed by atoms with van der Waals surface area (Å²) in [4.78, 5) is 16.6. The van der Waals surface area contributed by atoms with Crippen LogP contribution >= 0.6 is 23.2 Å². The number of aryl methyl sites for hydroxylation is 1. The van der Waals surface area contributed by atoms with Gasteiger partial charge in [0.1, 0.15) is 0 Å². The van der Waals surface area contributed by atoms with Gasteiger partial charge in [-0.15, -0.1) is 0 Å². The Hall–Kier alpha value is -2.55. The molecule has 0 atom stereocenters. The fourth-order valence-electron chi connectivity index (χ4n) is 3.35. The van der Waals surface area contributed by atoms with Crippen molar-refractivity contribution in [2.75, 3.05) is 21.9 Å². The van der Waals surface area contributed by atoms with E-state index in [2.05, 4.69) is 10.3 Å². The molecule has 1 saturated heterocycles. The van der Waals surface area contributed by atoms with Crippen molar-refractivity contribution in [2.24, 2.45) is 0 Å². The van der Waals surface area contributed by atoms with Crippen molar-refractivity contribution < 1.29 is 17.6 Å². The smallest absolute Gasteiger partial charge is 0.235 e. The third kappa shape index (κ3) is 5.03. The van der Waals surface area contributed by atoms with Gasteiger partial charge in [0.05, 0.1) is 22.7 Å². The van der Waals surface area contributed by atoms with Gasteiger partial charge < -0.3 is 9.73 Å². The van der Waals surface area contributed by atoms with Gasteiger partial charge in [-0.2, -0.15) is 0 Å². The molecule has 1 aliphatic heterocycles. The SMILES string of the molecule is O=C(CCc1ncc(-c2ccc(Cl)cc2Cl)o1)Nc1cccc(N2CCCS2(=O)=O)c1. The molecule has 10 heteroatoms. The van der Waals surface area contributed by atoms with Crippen LogP contribution in [-0.4, -0.2) is 31.6 Å². The number of sulfonamides is 1. The molecule has 1 amide bonds. The second-order valence-electron chi connectivity index (χ2n) is 7.08. The van der Waals surface area contributed by atoms with Crippen molar-refractivity contribution in [3.63, 3.8) is 0 Å². The zero-order valence-electron chi connectivity index (χ0n) is 16.3. The van der Waals surface area contributed by atoms with Crippen LogP contribution in [0.25, 0.3) is 11.3 Å². The Balaban J connectivity index is 1.37. The van der Waals surface area contributed by atoms with Gasteiger partial charge >= 0.3 is 0 Å². The van der Waals surface area contributed by atoms with Gasteiger partial charge in [0.15, 0.2) is 11.7 Å². The Morgan fingerprint density at radius 2 is 2.03 bits per heavy atom. The van der Waals surface area contributed by atoms with E-state index in [1.807, 2.05) is 0 Å². The molecule has 0 bridgehead atoms. The van der Waals surface area contributed by atoms with Crippen molar-refractivity contribution >= 4 is 50.5 Å². The number of hydrogen-bond donors (Lipinski definition) is 1. The molecule has 0 radical (unpaired) electrons. The number of aromatic nitrogens is 1. The molecule has 0 saturated carbocycles. The van der Waals surface area contributed by atoms with E-state index < -0.39 is 10.0 Å². The topological polar surface area (TPSA) is 92.5 Å². The van der Waals surface area contributed by atoms with E-state index in [0.717, 1.165) is 0 Å². The quantitative estimate of drug-likeness (QED) is 0.549. The lowest BCUT2D eigenvalue weighted by atomic mass is 10.2. The molecule has 0 spiro atoms. The average Bonchev–Trinajstić information content (AvgIpc) is 3.32. The molecule has 1 N–H and O–H groups in total. The first-order valence-electron chi connectivity index (χ1n) is 9.62. The second-order valence-corrected chi connectivity index (χ2v) is 9.94. The zero-order chi connectivity index (χ0) is 22.0. The molecule has 4 rings (SSSR count). The highest BCUT2D eigenvalue weighted by Crippen LogP contribution is 2.31. The first kappa shape index (κ1) is 21.7. The number of hydrogen-bond acceptors (Lipinski definition) is 5. The fraction of sp³-hybridized carbons (Fsp3) is 0.238. The van der Waals surface area contributed by atoms with Crippen LogP contribution in [0.2, 0.25) is 10.0 Å². The van der Waals surface area contributed by atoms with Crippen LogP contribution in [0.1, 0.15) is 18.7 Å². The van der Waals surface area contributed by atoms with Gasteiger partial charge in [-0.05, 0) is 42.8 Å². The monoisotopic (exact) mass is 479 g/mol. The first-order chi connectivity index (χ1) is 14.8. The van der Waals surface area contributed by atoms with Gasteiger partial charge in [0, 0.05) is 35.7 Å². The second kappa shape index (κ2) is 8.90. The largest absolute Gasteiger partial charge is 0.441 e. The predicted octanol–water partition coefficient (Wildman–Crippen LogP) is 4.76. The van der Waals surface area contributed by atoms with Crippen LogP contribution in [0.3, 0.4) is 0 Å². The molecule has 1 aromatic heterocycles. The Labute approximate surface area is 190 Å². The molecule has 31 heavy (non-hydrogen) atoms. The number of carbonyl (C=O) groups is 1. The summed E-state index contributed by atoms with van der Waals surface area (Å²) in [6.07, 6.45) is 2.61. The normalized spacial score (nSPS) is 15.2. The summed E-state index contributed by atoms with van der Waals surface area (Å²) in [5.74, 6) is 0.818. The Morgan fingerprint density at radius 3 is 2.77 bits per heavy atom. The molecule has 3 aromatic rings. The van der Waals surface area contributed by atoms with E-state index in [9.17, 15) is 13.2 Å².